The molecule has 0 aromatic heterocycles. The van der Waals surface area contributed by atoms with E-state index in [0.29, 0.717) is 0 Å². The summed E-state index contributed by atoms with van der Waals surface area (Å²) in [5.74, 6) is 0. The number of hydrogen-bond donors (Lipinski definition) is 1. The van der Waals surface area contributed by atoms with Gasteiger partial charge in [-0.3, -0.25) is 0 Å². The van der Waals surface area contributed by atoms with Crippen molar-refractivity contribution in [1.82, 2.24) is 13.9 Å². The molecule has 0 aliphatic carbocycles. The SMILES string of the molecule is C[Si](C)(C)N1[B]N[B]N([Si](C)(C)C)[B]1. The fourth-order valence-corrected chi connectivity index (χ4v) is 3.11. The van der Waals surface area contributed by atoms with E-state index in [-0.39, 0.29) is 0 Å². The van der Waals surface area contributed by atoms with Gasteiger partial charge in [-0.25, -0.2) is 0 Å². The summed E-state index contributed by atoms with van der Waals surface area (Å²) in [5.41, 5.74) is 0. The first-order chi connectivity index (χ1) is 6.21. The molecule has 3 radical (unpaired) electrons. The quantitative estimate of drug-likeness (QED) is 0.684. The molecule has 1 heterocycles. The van der Waals surface area contributed by atoms with Crippen LogP contribution >= 0.6 is 0 Å². The molecule has 1 aliphatic rings. The van der Waals surface area contributed by atoms with Gasteiger partial charge in [0.15, 0.2) is 0 Å². The van der Waals surface area contributed by atoms with Crippen molar-refractivity contribution < 1.29 is 0 Å². The summed E-state index contributed by atoms with van der Waals surface area (Å²) in [4.78, 5) is 0. The summed E-state index contributed by atoms with van der Waals surface area (Å²) < 4.78 is 4.70. The van der Waals surface area contributed by atoms with Gasteiger partial charge in [-0.15, -0.1) is 0 Å². The Balaban J connectivity index is 2.61. The maximum Gasteiger partial charge on any atom is 0.279 e. The van der Waals surface area contributed by atoms with Crippen LogP contribution in [0.2, 0.25) is 39.3 Å². The van der Waals surface area contributed by atoms with Crippen LogP contribution in [-0.4, -0.2) is 47.9 Å². The molecule has 1 N–H and O–H groups in total. The predicted octanol–water partition coefficient (Wildman–Crippen LogP) is 0.466. The average molecular weight is 222 g/mol. The van der Waals surface area contributed by atoms with Crippen molar-refractivity contribution in [2.24, 2.45) is 0 Å². The van der Waals surface area contributed by atoms with Gasteiger partial charge < -0.3 is 13.9 Å². The number of rotatable bonds is 2. The molecule has 0 saturated carbocycles. The molecule has 0 spiro atoms. The van der Waals surface area contributed by atoms with E-state index in [9.17, 15) is 0 Å². The van der Waals surface area contributed by atoms with E-state index in [2.05, 4.69) is 75.8 Å². The summed E-state index contributed by atoms with van der Waals surface area (Å²) in [6.45, 7) is 14.1. The van der Waals surface area contributed by atoms with Crippen LogP contribution in [0.25, 0.3) is 0 Å². The first-order valence-corrected chi connectivity index (χ1v) is 12.0. The van der Waals surface area contributed by atoms with E-state index in [0.717, 1.165) is 0 Å². The Hall–Kier alpha value is 0.509. The van der Waals surface area contributed by atoms with Gasteiger partial charge in [-0.2, -0.15) is 0 Å². The molecular formula is C6H19B3N3Si2. The smallest absolute Gasteiger partial charge is 0.279 e. The van der Waals surface area contributed by atoms with Gasteiger partial charge >= 0.3 is 0 Å². The van der Waals surface area contributed by atoms with Crippen molar-refractivity contribution in [1.29, 1.82) is 0 Å². The van der Waals surface area contributed by atoms with Crippen molar-refractivity contribution in [3.05, 3.63) is 0 Å². The lowest BCUT2D eigenvalue weighted by molar-refractivity contribution is 0.839. The molecule has 75 valence electrons. The second-order valence-electron chi connectivity index (χ2n) is 5.70. The molecule has 0 amide bonds. The highest BCUT2D eigenvalue weighted by Gasteiger charge is 2.35. The normalized spacial score (nSPS) is 21.0. The molecule has 0 aromatic rings. The van der Waals surface area contributed by atoms with E-state index < -0.39 is 16.5 Å². The lowest BCUT2D eigenvalue weighted by Gasteiger charge is -2.45. The van der Waals surface area contributed by atoms with Crippen LogP contribution in [0.3, 0.4) is 0 Å². The van der Waals surface area contributed by atoms with Gasteiger partial charge in [-0.05, 0) is 0 Å². The second kappa shape index (κ2) is 4.17. The minimum atomic E-state index is -1.26. The molecule has 0 bridgehead atoms. The molecule has 14 heavy (non-hydrogen) atoms. The predicted molar refractivity (Wildman–Crippen MR) is 70.8 cm³/mol. The van der Waals surface area contributed by atoms with Crippen molar-refractivity contribution in [3.8, 4) is 0 Å². The second-order valence-corrected chi connectivity index (χ2v) is 15.4. The van der Waals surface area contributed by atoms with Gasteiger partial charge in [0.2, 0.25) is 0 Å². The molecule has 0 atom stereocenters. The van der Waals surface area contributed by atoms with Gasteiger partial charge in [0, 0.05) is 0 Å². The average Bonchev–Trinajstić information content (AvgIpc) is 2.01. The molecule has 3 nitrogen and oxygen atoms in total. The third kappa shape index (κ3) is 3.27. The first kappa shape index (κ1) is 12.6. The third-order valence-electron chi connectivity index (χ3n) is 2.23. The number of nitrogens with one attached hydrogen (secondary N) is 1. The summed E-state index contributed by atoms with van der Waals surface area (Å²) in [6, 6.07) is 0. The van der Waals surface area contributed by atoms with E-state index >= 15 is 0 Å². The Kier molecular flexibility index (Phi) is 3.75. The van der Waals surface area contributed by atoms with Gasteiger partial charge in [-0.1, -0.05) is 39.3 Å². The number of nitrogens with zero attached hydrogens (tertiary/aromatic N) is 2. The summed E-state index contributed by atoms with van der Waals surface area (Å²) >= 11 is 0. The van der Waals surface area contributed by atoms with Crippen LogP contribution in [0, 0.1) is 0 Å². The first-order valence-electron chi connectivity index (χ1n) is 5.06. The Morgan fingerprint density at radius 2 is 1.14 bits per heavy atom. The fourth-order valence-electron chi connectivity index (χ4n) is 1.13. The van der Waals surface area contributed by atoms with E-state index in [1.165, 1.54) is 0 Å². The molecule has 1 rings (SSSR count). The van der Waals surface area contributed by atoms with Crippen molar-refractivity contribution in [2.45, 2.75) is 39.3 Å². The van der Waals surface area contributed by atoms with E-state index in [1.807, 2.05) is 0 Å². The zero-order chi connectivity index (χ0) is 11.0. The maximum atomic E-state index is 3.24. The van der Waals surface area contributed by atoms with Crippen LogP contribution in [-0.2, 0) is 0 Å². The van der Waals surface area contributed by atoms with Gasteiger partial charge in [0.25, 0.3) is 22.6 Å². The molecule has 0 aromatic carbocycles. The largest absolute Gasteiger partial charge is 0.389 e. The van der Waals surface area contributed by atoms with Crippen molar-refractivity contribution >= 4 is 39.1 Å². The Morgan fingerprint density at radius 3 is 1.43 bits per heavy atom. The van der Waals surface area contributed by atoms with Crippen molar-refractivity contribution in [3.63, 3.8) is 0 Å². The highest BCUT2D eigenvalue weighted by molar-refractivity contribution is 6.94. The third-order valence-corrected chi connectivity index (χ3v) is 5.81. The van der Waals surface area contributed by atoms with Crippen LogP contribution < -0.4 is 5.14 Å². The van der Waals surface area contributed by atoms with Gasteiger partial charge in [0.1, 0.15) is 0 Å². The van der Waals surface area contributed by atoms with E-state index in [4.69, 9.17) is 0 Å². The van der Waals surface area contributed by atoms with Crippen molar-refractivity contribution in [2.75, 3.05) is 0 Å². The Labute approximate surface area is 92.6 Å². The highest BCUT2D eigenvalue weighted by atomic mass is 28.3. The lowest BCUT2D eigenvalue weighted by atomic mass is 9.84. The molecule has 0 unspecified atom stereocenters. The van der Waals surface area contributed by atoms with Crippen LogP contribution in [0.4, 0.5) is 0 Å². The fraction of sp³-hybridized carbons (Fsp3) is 1.00. The zero-order valence-electron chi connectivity index (χ0n) is 10.1. The lowest BCUT2D eigenvalue weighted by Crippen LogP contribution is -2.70. The molecular weight excluding hydrogens is 203 g/mol. The monoisotopic (exact) mass is 222 g/mol. The zero-order valence-corrected chi connectivity index (χ0v) is 12.1. The molecule has 1 saturated heterocycles. The van der Waals surface area contributed by atoms with Gasteiger partial charge in [0.05, 0.1) is 16.5 Å². The summed E-state index contributed by atoms with van der Waals surface area (Å²) in [6.07, 6.45) is 0. The highest BCUT2D eigenvalue weighted by Crippen LogP contribution is 2.13. The minimum absolute atomic E-state index is 1.26. The molecule has 1 fully saturated rings. The Morgan fingerprint density at radius 1 is 0.786 bits per heavy atom. The van der Waals surface area contributed by atoms with Crippen LogP contribution in [0.5, 0.6) is 0 Å². The van der Waals surface area contributed by atoms with Crippen LogP contribution in [0.15, 0.2) is 0 Å². The topological polar surface area (TPSA) is 18.5 Å². The standard InChI is InChI=1S/C6H19B3N3Si2/c1-13(2,3)11-7-10-8-12(9-11)14(4,5)6/h10H,1-6H3. The number of hydrogen-bond acceptors (Lipinski definition) is 3. The molecule has 8 heteroatoms. The minimum Gasteiger partial charge on any atom is -0.389 e. The maximum absolute atomic E-state index is 3.24. The van der Waals surface area contributed by atoms with Crippen LogP contribution in [0.1, 0.15) is 0 Å². The Bertz CT molecular complexity index is 183. The molecule has 1 aliphatic heterocycles. The summed E-state index contributed by atoms with van der Waals surface area (Å²) in [5, 5.41) is 3.24. The summed E-state index contributed by atoms with van der Waals surface area (Å²) in [7, 11) is 3.89. The van der Waals surface area contributed by atoms with E-state index in [1.54, 1.807) is 0 Å².